The van der Waals surface area contributed by atoms with Gasteiger partial charge in [-0.3, -0.25) is 9.69 Å². The molecule has 0 radical (unpaired) electrons. The molecule has 0 bridgehead atoms. The van der Waals surface area contributed by atoms with Crippen molar-refractivity contribution in [3.05, 3.63) is 65.2 Å². The third kappa shape index (κ3) is 3.56. The fourth-order valence-corrected chi connectivity index (χ4v) is 3.50. The lowest BCUT2D eigenvalue weighted by Crippen LogP contribution is -2.44. The normalized spacial score (nSPS) is 19.1. The van der Waals surface area contributed by atoms with Gasteiger partial charge in [0.25, 0.3) is 5.91 Å². The predicted molar refractivity (Wildman–Crippen MR) is 99.6 cm³/mol. The van der Waals surface area contributed by atoms with Crippen molar-refractivity contribution in [2.45, 2.75) is 38.3 Å². The van der Waals surface area contributed by atoms with Crippen LogP contribution in [0.3, 0.4) is 0 Å². The van der Waals surface area contributed by atoms with Crippen molar-refractivity contribution in [1.29, 1.82) is 0 Å². The second-order valence-electron chi connectivity index (χ2n) is 6.79. The van der Waals surface area contributed by atoms with Gasteiger partial charge in [-0.05, 0) is 42.3 Å². The van der Waals surface area contributed by atoms with Gasteiger partial charge in [0.1, 0.15) is 22.9 Å². The Balaban J connectivity index is 1.97. The van der Waals surface area contributed by atoms with E-state index in [0.717, 1.165) is 11.3 Å². The van der Waals surface area contributed by atoms with Gasteiger partial charge in [-0.2, -0.15) is 0 Å². The number of rotatable bonds is 7. The molecule has 148 valence electrons. The maximum Gasteiger partial charge on any atom is 0.325 e. The van der Waals surface area contributed by atoms with E-state index < -0.39 is 29.1 Å². The summed E-state index contributed by atoms with van der Waals surface area (Å²) in [6, 6.07) is 8.91. The van der Waals surface area contributed by atoms with Crippen molar-refractivity contribution in [2.75, 3.05) is 7.11 Å². The number of carbonyl (C=O) groups excluding carboxylic acids is 2. The maximum atomic E-state index is 13.7. The van der Waals surface area contributed by atoms with E-state index in [4.69, 9.17) is 4.74 Å². The lowest BCUT2D eigenvalue weighted by atomic mass is 9.84. The first-order valence-corrected chi connectivity index (χ1v) is 9.14. The minimum atomic E-state index is -1.26. The van der Waals surface area contributed by atoms with E-state index in [-0.39, 0.29) is 6.54 Å². The third-order valence-electron chi connectivity index (χ3n) is 4.99. The van der Waals surface area contributed by atoms with E-state index in [1.807, 2.05) is 6.92 Å². The summed E-state index contributed by atoms with van der Waals surface area (Å²) < 4.78 is 32.3. The highest BCUT2D eigenvalue weighted by Crippen LogP contribution is 2.35. The summed E-state index contributed by atoms with van der Waals surface area (Å²) in [5, 5.41) is 2.79. The lowest BCUT2D eigenvalue weighted by molar-refractivity contribution is -0.132. The monoisotopic (exact) mass is 388 g/mol. The Labute approximate surface area is 162 Å². The van der Waals surface area contributed by atoms with Gasteiger partial charge in [-0.15, -0.1) is 0 Å². The SMILES string of the molecule is CCCC[C@]1(c2ccc(F)cc2)NC(=O)N(Cc2cc(F)ccc2OC)C1=O. The van der Waals surface area contributed by atoms with Gasteiger partial charge in [0.05, 0.1) is 13.7 Å². The molecule has 1 aliphatic rings. The summed E-state index contributed by atoms with van der Waals surface area (Å²) in [6.07, 6.45) is 1.90. The highest BCUT2D eigenvalue weighted by molar-refractivity contribution is 6.07. The Kier molecular flexibility index (Phi) is 5.63. The minimum absolute atomic E-state index is 0.124. The van der Waals surface area contributed by atoms with Crippen molar-refractivity contribution in [1.82, 2.24) is 10.2 Å². The number of nitrogens with one attached hydrogen (secondary N) is 1. The van der Waals surface area contributed by atoms with Crippen molar-refractivity contribution in [3.63, 3.8) is 0 Å². The van der Waals surface area contributed by atoms with Crippen LogP contribution in [0.1, 0.15) is 37.3 Å². The van der Waals surface area contributed by atoms with Crippen LogP contribution in [0.5, 0.6) is 5.75 Å². The van der Waals surface area contributed by atoms with Crippen molar-refractivity contribution in [2.24, 2.45) is 0 Å². The molecular weight excluding hydrogens is 366 g/mol. The number of urea groups is 1. The van der Waals surface area contributed by atoms with Crippen LogP contribution in [0, 0.1) is 11.6 Å². The quantitative estimate of drug-likeness (QED) is 0.726. The van der Waals surface area contributed by atoms with Gasteiger partial charge in [0.15, 0.2) is 0 Å². The van der Waals surface area contributed by atoms with Crippen molar-refractivity contribution >= 4 is 11.9 Å². The Morgan fingerprint density at radius 1 is 1.07 bits per heavy atom. The molecule has 0 aromatic heterocycles. The number of nitrogens with zero attached hydrogens (tertiary/aromatic N) is 1. The van der Waals surface area contributed by atoms with E-state index in [1.54, 1.807) is 0 Å². The number of carbonyl (C=O) groups is 2. The molecule has 7 heteroatoms. The summed E-state index contributed by atoms with van der Waals surface area (Å²) in [5.41, 5.74) is -0.354. The smallest absolute Gasteiger partial charge is 0.325 e. The number of halogens is 2. The van der Waals surface area contributed by atoms with E-state index in [0.29, 0.717) is 29.7 Å². The van der Waals surface area contributed by atoms with Gasteiger partial charge in [-0.25, -0.2) is 13.6 Å². The molecule has 0 aliphatic carbocycles. The molecule has 5 nitrogen and oxygen atoms in total. The molecular formula is C21H22F2N2O3. The van der Waals surface area contributed by atoms with E-state index in [2.05, 4.69) is 5.32 Å². The molecule has 1 atom stereocenters. The van der Waals surface area contributed by atoms with Gasteiger partial charge < -0.3 is 10.1 Å². The van der Waals surface area contributed by atoms with Gasteiger partial charge in [-0.1, -0.05) is 31.9 Å². The summed E-state index contributed by atoms with van der Waals surface area (Å²) in [5.74, 6) is -0.968. The first-order chi connectivity index (χ1) is 13.4. The summed E-state index contributed by atoms with van der Waals surface area (Å²) in [4.78, 5) is 27.1. The Morgan fingerprint density at radius 3 is 2.39 bits per heavy atom. The lowest BCUT2D eigenvalue weighted by Gasteiger charge is -2.27. The largest absolute Gasteiger partial charge is 0.496 e. The molecule has 1 saturated heterocycles. The standard InChI is InChI=1S/C21H22F2N2O3/c1-3-4-11-21(15-5-7-16(22)8-6-15)19(26)25(20(27)24-21)13-14-12-17(23)9-10-18(14)28-2/h5-10,12H,3-4,11,13H2,1-2H3,(H,24,27)/t21-/m1/s1. The molecule has 2 aromatic rings. The Hall–Kier alpha value is -2.96. The van der Waals surface area contributed by atoms with Crippen molar-refractivity contribution < 1.29 is 23.1 Å². The van der Waals surface area contributed by atoms with Crippen LogP contribution in [-0.2, 0) is 16.9 Å². The predicted octanol–water partition coefficient (Wildman–Crippen LogP) is 4.11. The molecule has 1 heterocycles. The average Bonchev–Trinajstić information content (AvgIpc) is 2.92. The highest BCUT2D eigenvalue weighted by Gasteiger charge is 2.51. The molecule has 3 amide bonds. The van der Waals surface area contributed by atoms with Crippen LogP contribution >= 0.6 is 0 Å². The van der Waals surface area contributed by atoms with Crippen LogP contribution in [0.15, 0.2) is 42.5 Å². The molecule has 0 saturated carbocycles. The first kappa shape index (κ1) is 19.8. The number of ether oxygens (including phenoxy) is 1. The molecule has 1 fully saturated rings. The number of amides is 3. The van der Waals surface area contributed by atoms with Crippen LogP contribution < -0.4 is 10.1 Å². The zero-order valence-electron chi connectivity index (χ0n) is 15.8. The Bertz CT molecular complexity index is 886. The fourth-order valence-electron chi connectivity index (χ4n) is 3.50. The maximum absolute atomic E-state index is 13.7. The molecule has 2 aromatic carbocycles. The van der Waals surface area contributed by atoms with Gasteiger partial charge in [0.2, 0.25) is 0 Å². The zero-order valence-corrected chi connectivity index (χ0v) is 15.8. The van der Waals surface area contributed by atoms with E-state index in [1.165, 1.54) is 49.6 Å². The van der Waals surface area contributed by atoms with Gasteiger partial charge >= 0.3 is 6.03 Å². The molecule has 0 unspecified atom stereocenters. The minimum Gasteiger partial charge on any atom is -0.496 e. The van der Waals surface area contributed by atoms with E-state index in [9.17, 15) is 18.4 Å². The van der Waals surface area contributed by atoms with Gasteiger partial charge in [0, 0.05) is 5.56 Å². The Morgan fingerprint density at radius 2 is 1.75 bits per heavy atom. The number of hydrogen-bond donors (Lipinski definition) is 1. The number of benzene rings is 2. The first-order valence-electron chi connectivity index (χ1n) is 9.14. The topological polar surface area (TPSA) is 58.6 Å². The van der Waals surface area contributed by atoms with Crippen LogP contribution in [0.4, 0.5) is 13.6 Å². The number of unbranched alkanes of at least 4 members (excludes halogenated alkanes) is 1. The zero-order chi connectivity index (χ0) is 20.3. The van der Waals surface area contributed by atoms with Crippen LogP contribution in [-0.4, -0.2) is 23.9 Å². The fraction of sp³-hybridized carbons (Fsp3) is 0.333. The van der Waals surface area contributed by atoms with Crippen LogP contribution in [0.25, 0.3) is 0 Å². The average molecular weight is 388 g/mol. The number of methoxy groups -OCH3 is 1. The summed E-state index contributed by atoms with van der Waals surface area (Å²) in [6.45, 7) is 1.86. The second kappa shape index (κ2) is 7.96. The summed E-state index contributed by atoms with van der Waals surface area (Å²) >= 11 is 0. The van der Waals surface area contributed by atoms with Crippen LogP contribution in [0.2, 0.25) is 0 Å². The molecule has 3 rings (SSSR count). The number of hydrogen-bond acceptors (Lipinski definition) is 3. The molecule has 0 spiro atoms. The highest BCUT2D eigenvalue weighted by atomic mass is 19.1. The second-order valence-corrected chi connectivity index (χ2v) is 6.79. The number of imide groups is 1. The van der Waals surface area contributed by atoms with Crippen molar-refractivity contribution in [3.8, 4) is 5.75 Å². The molecule has 1 N–H and O–H groups in total. The molecule has 1 aliphatic heterocycles. The van der Waals surface area contributed by atoms with E-state index >= 15 is 0 Å². The third-order valence-corrected chi connectivity index (χ3v) is 4.99. The summed E-state index contributed by atoms with van der Waals surface area (Å²) in [7, 11) is 1.44. The molecule has 28 heavy (non-hydrogen) atoms.